The van der Waals surface area contributed by atoms with Crippen molar-refractivity contribution < 1.29 is 0 Å². The molecule has 3 heteroatoms. The highest BCUT2D eigenvalue weighted by atomic mass is 32.1. The van der Waals surface area contributed by atoms with E-state index in [1.165, 1.54) is 6.33 Å². The molecule has 0 aromatic carbocycles. The smallest absolute Gasteiger partial charge is 0.133 e. The standard InChI is InChI=1S/C8H8N2S/c1-3-6-7(4-2)9-5-10-8(6)11/h2,5H,3H2,1H3,(H,9,10,11). The summed E-state index contributed by atoms with van der Waals surface area (Å²) in [6.07, 6.45) is 7.59. The number of aromatic nitrogens is 2. The molecule has 1 rings (SSSR count). The fourth-order valence-corrected chi connectivity index (χ4v) is 1.18. The zero-order valence-corrected chi connectivity index (χ0v) is 7.03. The third-order valence-electron chi connectivity index (χ3n) is 1.45. The molecule has 0 atom stereocenters. The van der Waals surface area contributed by atoms with Crippen molar-refractivity contribution in [3.63, 3.8) is 0 Å². The van der Waals surface area contributed by atoms with Crippen molar-refractivity contribution in [3.05, 3.63) is 22.2 Å². The average molecular weight is 164 g/mol. The summed E-state index contributed by atoms with van der Waals surface area (Å²) in [5, 5.41) is 0. The van der Waals surface area contributed by atoms with E-state index in [4.69, 9.17) is 18.6 Å². The lowest BCUT2D eigenvalue weighted by atomic mass is 10.2. The molecule has 2 nitrogen and oxygen atoms in total. The van der Waals surface area contributed by atoms with Crippen LogP contribution in [-0.2, 0) is 6.42 Å². The number of aromatic amines is 1. The molecule has 0 saturated carbocycles. The second kappa shape index (κ2) is 3.31. The van der Waals surface area contributed by atoms with Crippen LogP contribution in [0.2, 0.25) is 0 Å². The lowest BCUT2D eigenvalue weighted by Crippen LogP contribution is -1.94. The zero-order valence-electron chi connectivity index (χ0n) is 6.22. The van der Waals surface area contributed by atoms with E-state index in [-0.39, 0.29) is 0 Å². The van der Waals surface area contributed by atoms with Crippen molar-refractivity contribution in [2.75, 3.05) is 0 Å². The monoisotopic (exact) mass is 164 g/mol. The number of rotatable bonds is 1. The number of H-pyrrole nitrogens is 1. The second-order valence-electron chi connectivity index (χ2n) is 2.06. The first-order chi connectivity index (χ1) is 5.29. The molecule has 0 bridgehead atoms. The first kappa shape index (κ1) is 7.96. The Labute approximate surface area is 70.7 Å². The predicted octanol–water partition coefficient (Wildman–Crippen LogP) is 1.68. The van der Waals surface area contributed by atoms with Gasteiger partial charge in [-0.05, 0) is 6.42 Å². The molecule has 0 radical (unpaired) electrons. The Morgan fingerprint density at radius 2 is 2.55 bits per heavy atom. The summed E-state index contributed by atoms with van der Waals surface area (Å²) in [5.74, 6) is 2.53. The van der Waals surface area contributed by atoms with E-state index >= 15 is 0 Å². The number of nitrogens with zero attached hydrogens (tertiary/aromatic N) is 1. The molecule has 0 aliphatic carbocycles. The van der Waals surface area contributed by atoms with Gasteiger partial charge in [0.15, 0.2) is 0 Å². The second-order valence-corrected chi connectivity index (χ2v) is 2.45. The molecule has 0 amide bonds. The largest absolute Gasteiger partial charge is 0.339 e. The number of hydrogen-bond donors (Lipinski definition) is 1. The molecule has 0 aliphatic heterocycles. The average Bonchev–Trinajstić information content (AvgIpc) is 2.04. The van der Waals surface area contributed by atoms with Crippen LogP contribution >= 0.6 is 12.2 Å². The number of terminal acetylenes is 1. The highest BCUT2D eigenvalue weighted by Gasteiger charge is 1.98. The van der Waals surface area contributed by atoms with Crippen LogP contribution in [0.3, 0.4) is 0 Å². The zero-order chi connectivity index (χ0) is 8.27. The van der Waals surface area contributed by atoms with Gasteiger partial charge in [-0.1, -0.05) is 25.1 Å². The van der Waals surface area contributed by atoms with Gasteiger partial charge in [0.1, 0.15) is 4.64 Å². The van der Waals surface area contributed by atoms with E-state index in [1.807, 2.05) is 6.92 Å². The van der Waals surface area contributed by atoms with Gasteiger partial charge in [-0.2, -0.15) is 0 Å². The van der Waals surface area contributed by atoms with Gasteiger partial charge in [-0.3, -0.25) is 0 Å². The van der Waals surface area contributed by atoms with Crippen molar-refractivity contribution >= 4 is 12.2 Å². The van der Waals surface area contributed by atoms with Crippen molar-refractivity contribution in [1.82, 2.24) is 9.97 Å². The van der Waals surface area contributed by atoms with Gasteiger partial charge in [-0.25, -0.2) is 4.98 Å². The molecule has 1 aromatic heterocycles. The molecule has 0 aliphatic rings. The molecular weight excluding hydrogens is 156 g/mol. The maximum atomic E-state index is 5.24. The first-order valence-electron chi connectivity index (χ1n) is 3.32. The van der Waals surface area contributed by atoms with Crippen molar-refractivity contribution in [1.29, 1.82) is 0 Å². The summed E-state index contributed by atoms with van der Waals surface area (Å²) < 4.78 is 0.596. The molecule has 1 N–H and O–H groups in total. The van der Waals surface area contributed by atoms with Crippen LogP contribution in [0.4, 0.5) is 0 Å². The van der Waals surface area contributed by atoms with Crippen LogP contribution < -0.4 is 0 Å². The molecular formula is C8H8N2S. The van der Waals surface area contributed by atoms with Gasteiger partial charge >= 0.3 is 0 Å². The van der Waals surface area contributed by atoms with E-state index in [2.05, 4.69) is 15.9 Å². The van der Waals surface area contributed by atoms with Crippen LogP contribution in [0.15, 0.2) is 6.33 Å². The molecule has 1 heterocycles. The van der Waals surface area contributed by atoms with Crippen LogP contribution in [0.25, 0.3) is 0 Å². The summed E-state index contributed by atoms with van der Waals surface area (Å²) >= 11 is 4.98. The van der Waals surface area contributed by atoms with Crippen LogP contribution in [-0.4, -0.2) is 9.97 Å². The summed E-state index contributed by atoms with van der Waals surface area (Å²) in [6, 6.07) is 0. The molecule has 0 fully saturated rings. The van der Waals surface area contributed by atoms with Gasteiger partial charge in [0.25, 0.3) is 0 Å². The molecule has 0 saturated heterocycles. The predicted molar refractivity (Wildman–Crippen MR) is 46.7 cm³/mol. The minimum Gasteiger partial charge on any atom is -0.339 e. The minimum atomic E-state index is 0.596. The van der Waals surface area contributed by atoms with Gasteiger partial charge in [0.05, 0.1) is 12.0 Å². The van der Waals surface area contributed by atoms with E-state index in [9.17, 15) is 0 Å². The molecule has 56 valence electrons. The Hall–Kier alpha value is -1.14. The Balaban J connectivity index is 3.39. The Bertz CT molecular complexity index is 346. The Morgan fingerprint density at radius 3 is 3.00 bits per heavy atom. The lowest BCUT2D eigenvalue weighted by molar-refractivity contribution is 1.01. The summed E-state index contributed by atoms with van der Waals surface area (Å²) in [6.45, 7) is 2.00. The summed E-state index contributed by atoms with van der Waals surface area (Å²) in [5.41, 5.74) is 1.69. The quantitative estimate of drug-likeness (QED) is 0.505. The first-order valence-corrected chi connectivity index (χ1v) is 3.73. The van der Waals surface area contributed by atoms with E-state index < -0.39 is 0 Å². The van der Waals surface area contributed by atoms with Crippen LogP contribution in [0.1, 0.15) is 18.2 Å². The topological polar surface area (TPSA) is 28.7 Å². The minimum absolute atomic E-state index is 0.596. The maximum absolute atomic E-state index is 5.24. The summed E-state index contributed by atoms with van der Waals surface area (Å²) in [4.78, 5) is 6.79. The normalized spacial score (nSPS) is 9.09. The fourth-order valence-electron chi connectivity index (χ4n) is 0.884. The number of nitrogens with one attached hydrogen (secondary N) is 1. The third kappa shape index (κ3) is 1.47. The third-order valence-corrected chi connectivity index (χ3v) is 1.80. The SMILES string of the molecule is C#Cc1[nH]cnc(=S)c1CC. The lowest BCUT2D eigenvalue weighted by Gasteiger charge is -1.98. The van der Waals surface area contributed by atoms with Gasteiger partial charge < -0.3 is 4.98 Å². The fraction of sp³-hybridized carbons (Fsp3) is 0.250. The van der Waals surface area contributed by atoms with Gasteiger partial charge in [0.2, 0.25) is 0 Å². The number of hydrogen-bond acceptors (Lipinski definition) is 2. The van der Waals surface area contributed by atoms with Crippen LogP contribution in [0, 0.1) is 17.0 Å². The molecule has 11 heavy (non-hydrogen) atoms. The Morgan fingerprint density at radius 1 is 1.82 bits per heavy atom. The summed E-state index contributed by atoms with van der Waals surface area (Å²) in [7, 11) is 0. The van der Waals surface area contributed by atoms with Crippen molar-refractivity contribution in [3.8, 4) is 12.3 Å². The van der Waals surface area contributed by atoms with Gasteiger partial charge in [-0.15, -0.1) is 6.42 Å². The van der Waals surface area contributed by atoms with E-state index in [0.717, 1.165) is 17.7 Å². The van der Waals surface area contributed by atoms with Crippen LogP contribution in [0.5, 0.6) is 0 Å². The maximum Gasteiger partial charge on any atom is 0.133 e. The van der Waals surface area contributed by atoms with Crippen molar-refractivity contribution in [2.45, 2.75) is 13.3 Å². The van der Waals surface area contributed by atoms with Gasteiger partial charge in [0, 0.05) is 5.56 Å². The van der Waals surface area contributed by atoms with E-state index in [0.29, 0.717) is 4.64 Å². The molecule has 0 spiro atoms. The molecule has 0 unspecified atom stereocenters. The Kier molecular flexibility index (Phi) is 2.40. The molecule has 1 aromatic rings. The highest BCUT2D eigenvalue weighted by molar-refractivity contribution is 7.71. The van der Waals surface area contributed by atoms with Crippen molar-refractivity contribution in [2.24, 2.45) is 0 Å². The van der Waals surface area contributed by atoms with E-state index in [1.54, 1.807) is 0 Å². The highest BCUT2D eigenvalue weighted by Crippen LogP contribution is 2.04.